The topological polar surface area (TPSA) is 56.7 Å². The van der Waals surface area contributed by atoms with E-state index < -0.39 is 0 Å². The zero-order valence-electron chi connectivity index (χ0n) is 9.43. The Morgan fingerprint density at radius 3 is 2.81 bits per heavy atom. The van der Waals surface area contributed by atoms with Gasteiger partial charge in [0.1, 0.15) is 5.82 Å². The van der Waals surface area contributed by atoms with Crippen LogP contribution in [0.2, 0.25) is 0 Å². The molecule has 16 heavy (non-hydrogen) atoms. The Morgan fingerprint density at radius 2 is 2.06 bits per heavy atom. The van der Waals surface area contributed by atoms with Gasteiger partial charge in [-0.2, -0.15) is 16.9 Å². The minimum atomic E-state index is 0.105. The molecular formula is C11H18N4S. The summed E-state index contributed by atoms with van der Waals surface area (Å²) >= 11 is 2.04. The summed E-state index contributed by atoms with van der Waals surface area (Å²) in [6.07, 6.45) is 4.64. The first kappa shape index (κ1) is 10.6. The van der Waals surface area contributed by atoms with Gasteiger partial charge in [0.05, 0.1) is 6.04 Å². The summed E-state index contributed by atoms with van der Waals surface area (Å²) in [6, 6.07) is 0.105. The van der Waals surface area contributed by atoms with Crippen LogP contribution in [0.25, 0.3) is 0 Å². The van der Waals surface area contributed by atoms with E-state index in [9.17, 15) is 0 Å². The van der Waals surface area contributed by atoms with Crippen molar-refractivity contribution >= 4 is 11.8 Å². The third kappa shape index (κ3) is 1.86. The van der Waals surface area contributed by atoms with Gasteiger partial charge in [-0.25, -0.2) is 9.67 Å². The van der Waals surface area contributed by atoms with Crippen LogP contribution in [0.5, 0.6) is 0 Å². The molecule has 2 aliphatic rings. The minimum absolute atomic E-state index is 0.105. The highest BCUT2D eigenvalue weighted by Gasteiger charge is 2.25. The number of hydrogen-bond acceptors (Lipinski definition) is 4. The van der Waals surface area contributed by atoms with Crippen molar-refractivity contribution in [3.8, 4) is 0 Å². The van der Waals surface area contributed by atoms with Crippen molar-refractivity contribution in [2.45, 2.75) is 44.2 Å². The molecule has 0 radical (unpaired) electrons. The van der Waals surface area contributed by atoms with E-state index in [-0.39, 0.29) is 6.04 Å². The average molecular weight is 238 g/mol. The van der Waals surface area contributed by atoms with Gasteiger partial charge in [0.2, 0.25) is 0 Å². The summed E-state index contributed by atoms with van der Waals surface area (Å²) in [7, 11) is 0. The van der Waals surface area contributed by atoms with Crippen LogP contribution in [0.15, 0.2) is 0 Å². The normalized spacial score (nSPS) is 26.7. The Hall–Kier alpha value is -0.550. The Kier molecular flexibility index (Phi) is 2.90. The first-order chi connectivity index (χ1) is 7.84. The van der Waals surface area contributed by atoms with Gasteiger partial charge in [0, 0.05) is 12.5 Å². The van der Waals surface area contributed by atoms with Gasteiger partial charge in [-0.05, 0) is 37.2 Å². The van der Waals surface area contributed by atoms with Gasteiger partial charge in [0.15, 0.2) is 5.82 Å². The molecule has 1 aromatic rings. The predicted molar refractivity (Wildman–Crippen MR) is 65.5 cm³/mol. The van der Waals surface area contributed by atoms with E-state index in [2.05, 4.69) is 10.1 Å². The SMILES string of the molecule is NC1CCCn2nc(C3CCSCC3)nc21. The fourth-order valence-electron chi connectivity index (χ4n) is 2.53. The molecule has 2 aliphatic heterocycles. The molecule has 1 saturated heterocycles. The molecule has 3 heterocycles. The Bertz CT molecular complexity index is 370. The van der Waals surface area contributed by atoms with Crippen molar-refractivity contribution in [2.75, 3.05) is 11.5 Å². The smallest absolute Gasteiger partial charge is 0.154 e. The minimum Gasteiger partial charge on any atom is -0.321 e. The number of aryl methyl sites for hydroxylation is 1. The van der Waals surface area contributed by atoms with Gasteiger partial charge in [0.25, 0.3) is 0 Å². The first-order valence-electron chi connectivity index (χ1n) is 6.12. The molecule has 4 nitrogen and oxygen atoms in total. The van der Waals surface area contributed by atoms with Gasteiger partial charge < -0.3 is 5.73 Å². The highest BCUT2D eigenvalue weighted by molar-refractivity contribution is 7.99. The molecule has 0 bridgehead atoms. The summed E-state index contributed by atoms with van der Waals surface area (Å²) in [5, 5.41) is 4.64. The zero-order valence-corrected chi connectivity index (χ0v) is 10.2. The number of nitrogens with two attached hydrogens (primary N) is 1. The quantitative estimate of drug-likeness (QED) is 0.809. The maximum atomic E-state index is 6.06. The molecule has 0 spiro atoms. The summed E-state index contributed by atoms with van der Waals surface area (Å²) in [4.78, 5) is 4.67. The largest absolute Gasteiger partial charge is 0.321 e. The molecular weight excluding hydrogens is 220 g/mol. The summed E-state index contributed by atoms with van der Waals surface area (Å²) in [5.41, 5.74) is 6.06. The van der Waals surface area contributed by atoms with E-state index in [0.29, 0.717) is 5.92 Å². The molecule has 2 N–H and O–H groups in total. The second kappa shape index (κ2) is 4.37. The van der Waals surface area contributed by atoms with Crippen molar-refractivity contribution in [3.63, 3.8) is 0 Å². The highest BCUT2D eigenvalue weighted by atomic mass is 32.2. The van der Waals surface area contributed by atoms with Gasteiger partial charge in [-0.1, -0.05) is 0 Å². The van der Waals surface area contributed by atoms with Crippen LogP contribution in [-0.4, -0.2) is 26.3 Å². The molecule has 0 aliphatic carbocycles. The number of aromatic nitrogens is 3. The number of fused-ring (bicyclic) bond motifs is 1. The highest BCUT2D eigenvalue weighted by Crippen LogP contribution is 2.31. The summed E-state index contributed by atoms with van der Waals surface area (Å²) in [5.74, 6) is 5.14. The lowest BCUT2D eigenvalue weighted by Gasteiger charge is -2.17. The van der Waals surface area contributed by atoms with Crippen LogP contribution in [0.4, 0.5) is 0 Å². The lowest BCUT2D eigenvalue weighted by Crippen LogP contribution is -2.22. The lowest BCUT2D eigenvalue weighted by molar-refractivity contribution is 0.420. The van der Waals surface area contributed by atoms with Crippen LogP contribution >= 0.6 is 11.8 Å². The number of nitrogens with zero attached hydrogens (tertiary/aromatic N) is 3. The molecule has 0 aromatic carbocycles. The number of thioether (sulfide) groups is 1. The van der Waals surface area contributed by atoms with Crippen LogP contribution in [0, 0.1) is 0 Å². The van der Waals surface area contributed by atoms with Crippen molar-refractivity contribution < 1.29 is 0 Å². The molecule has 0 saturated carbocycles. The third-order valence-electron chi connectivity index (χ3n) is 3.52. The molecule has 5 heteroatoms. The molecule has 0 amide bonds. The van der Waals surface area contributed by atoms with Crippen molar-refractivity contribution in [2.24, 2.45) is 5.73 Å². The second-order valence-corrected chi connectivity index (χ2v) is 5.91. The maximum Gasteiger partial charge on any atom is 0.154 e. The van der Waals surface area contributed by atoms with Crippen LogP contribution in [0.3, 0.4) is 0 Å². The van der Waals surface area contributed by atoms with E-state index in [1.54, 1.807) is 0 Å². The molecule has 1 atom stereocenters. The molecule has 1 aromatic heterocycles. The molecule has 1 unspecified atom stereocenters. The van der Waals surface area contributed by atoms with Crippen molar-refractivity contribution in [3.05, 3.63) is 11.6 Å². The van der Waals surface area contributed by atoms with Gasteiger partial charge >= 0.3 is 0 Å². The average Bonchev–Trinajstić information content (AvgIpc) is 2.76. The number of hydrogen-bond donors (Lipinski definition) is 1. The van der Waals surface area contributed by atoms with E-state index >= 15 is 0 Å². The van der Waals surface area contributed by atoms with Crippen LogP contribution in [0.1, 0.15) is 49.3 Å². The molecule has 1 fully saturated rings. The van der Waals surface area contributed by atoms with Gasteiger partial charge in [-0.3, -0.25) is 0 Å². The predicted octanol–water partition coefficient (Wildman–Crippen LogP) is 1.68. The zero-order chi connectivity index (χ0) is 11.0. The Balaban J connectivity index is 1.85. The van der Waals surface area contributed by atoms with E-state index in [0.717, 1.165) is 31.0 Å². The fraction of sp³-hybridized carbons (Fsp3) is 0.818. The maximum absolute atomic E-state index is 6.06. The van der Waals surface area contributed by atoms with E-state index in [4.69, 9.17) is 5.73 Å². The Labute approximate surface area is 100.0 Å². The van der Waals surface area contributed by atoms with Crippen molar-refractivity contribution in [1.82, 2.24) is 14.8 Å². The molecule has 3 rings (SSSR count). The van der Waals surface area contributed by atoms with Crippen LogP contribution < -0.4 is 5.73 Å². The molecule has 88 valence electrons. The van der Waals surface area contributed by atoms with E-state index in [1.165, 1.54) is 24.3 Å². The Morgan fingerprint density at radius 1 is 1.25 bits per heavy atom. The summed E-state index contributed by atoms with van der Waals surface area (Å²) < 4.78 is 2.03. The van der Waals surface area contributed by atoms with Crippen LogP contribution in [-0.2, 0) is 6.54 Å². The van der Waals surface area contributed by atoms with Gasteiger partial charge in [-0.15, -0.1) is 0 Å². The second-order valence-electron chi connectivity index (χ2n) is 4.69. The first-order valence-corrected chi connectivity index (χ1v) is 7.28. The lowest BCUT2D eigenvalue weighted by atomic mass is 10.0. The van der Waals surface area contributed by atoms with Crippen molar-refractivity contribution in [1.29, 1.82) is 0 Å². The standard InChI is InChI=1S/C11H18N4S/c12-9-2-1-5-15-11(9)13-10(14-15)8-3-6-16-7-4-8/h8-9H,1-7,12H2. The monoisotopic (exact) mass is 238 g/mol. The summed E-state index contributed by atoms with van der Waals surface area (Å²) in [6.45, 7) is 0.998. The fourth-order valence-corrected chi connectivity index (χ4v) is 3.64. The number of rotatable bonds is 1. The third-order valence-corrected chi connectivity index (χ3v) is 4.57. The van der Waals surface area contributed by atoms with E-state index in [1.807, 2.05) is 16.4 Å².